The number of aromatic carboxylic acids is 1. The van der Waals surface area contributed by atoms with Crippen molar-refractivity contribution in [3.63, 3.8) is 0 Å². The maximum Gasteiger partial charge on any atom is 0.335 e. The Morgan fingerprint density at radius 2 is 1.91 bits per heavy atom. The number of methoxy groups -OCH3 is 1. The lowest BCUT2D eigenvalue weighted by atomic mass is 10.0. The first-order valence-electron chi connectivity index (χ1n) is 11.2. The molecule has 0 atom stereocenters. The number of nitrogens with one attached hydrogen (secondary N) is 1. The molecule has 0 amide bonds. The number of aromatic amines is 1. The molecule has 0 saturated carbocycles. The van der Waals surface area contributed by atoms with Gasteiger partial charge in [0.25, 0.3) is 0 Å². The molecule has 0 radical (unpaired) electrons. The van der Waals surface area contributed by atoms with E-state index < -0.39 is 5.97 Å². The molecule has 7 heteroatoms. The Balaban J connectivity index is 1.60. The van der Waals surface area contributed by atoms with Crippen LogP contribution in [-0.2, 0) is 6.42 Å². The standard InChI is InChI=1S/C27H22N4O3/c1-34-19-9-11-24-17(13-19)6-4-12-31(24)26-25(23-14-16-5-2-3-7-20(16)28-23)29-21-10-8-18(27(32)33)15-22(21)30-26/h2-3,5,7-11,13-15,28H,4,6,12H2,1H3,(H,32,33). The van der Waals surface area contributed by atoms with Crippen molar-refractivity contribution in [1.29, 1.82) is 0 Å². The summed E-state index contributed by atoms with van der Waals surface area (Å²) in [4.78, 5) is 27.2. The average Bonchev–Trinajstić information content (AvgIpc) is 3.31. The third-order valence-electron chi connectivity index (χ3n) is 6.34. The van der Waals surface area contributed by atoms with E-state index in [1.807, 2.05) is 24.3 Å². The molecule has 2 N–H and O–H groups in total. The first kappa shape index (κ1) is 20.2. The number of anilines is 2. The van der Waals surface area contributed by atoms with Gasteiger partial charge in [-0.25, -0.2) is 14.8 Å². The van der Waals surface area contributed by atoms with E-state index in [0.717, 1.165) is 53.1 Å². The van der Waals surface area contributed by atoms with Crippen LogP contribution in [0.4, 0.5) is 11.5 Å². The Hall–Kier alpha value is -4.39. The monoisotopic (exact) mass is 450 g/mol. The second kappa shape index (κ2) is 7.88. The minimum absolute atomic E-state index is 0.190. The number of para-hydroxylation sites is 1. The number of H-pyrrole nitrogens is 1. The number of aryl methyl sites for hydroxylation is 1. The fourth-order valence-electron chi connectivity index (χ4n) is 4.67. The maximum atomic E-state index is 11.6. The normalized spacial score (nSPS) is 13.3. The molecule has 2 aromatic heterocycles. The van der Waals surface area contributed by atoms with Crippen molar-refractivity contribution in [1.82, 2.24) is 15.0 Å². The largest absolute Gasteiger partial charge is 0.497 e. The third-order valence-corrected chi connectivity index (χ3v) is 6.34. The fourth-order valence-corrected chi connectivity index (χ4v) is 4.67. The number of aromatic nitrogens is 3. The summed E-state index contributed by atoms with van der Waals surface area (Å²) in [5.74, 6) is 0.542. The van der Waals surface area contributed by atoms with Crippen molar-refractivity contribution in [2.75, 3.05) is 18.6 Å². The highest BCUT2D eigenvalue weighted by molar-refractivity contribution is 5.95. The quantitative estimate of drug-likeness (QED) is 0.372. The number of ether oxygens (including phenoxy) is 1. The summed E-state index contributed by atoms with van der Waals surface area (Å²) < 4.78 is 5.43. The smallest absolute Gasteiger partial charge is 0.335 e. The van der Waals surface area contributed by atoms with Crippen molar-refractivity contribution in [2.45, 2.75) is 12.8 Å². The van der Waals surface area contributed by atoms with Crippen molar-refractivity contribution >= 4 is 39.4 Å². The molecule has 3 heterocycles. The number of hydrogen-bond donors (Lipinski definition) is 2. The highest BCUT2D eigenvalue weighted by Crippen LogP contribution is 2.39. The highest BCUT2D eigenvalue weighted by Gasteiger charge is 2.25. The van der Waals surface area contributed by atoms with E-state index in [4.69, 9.17) is 14.7 Å². The van der Waals surface area contributed by atoms with Crippen molar-refractivity contribution in [3.8, 4) is 17.1 Å². The Morgan fingerprint density at radius 1 is 1.03 bits per heavy atom. The molecule has 0 bridgehead atoms. The average molecular weight is 450 g/mol. The lowest BCUT2D eigenvalue weighted by Gasteiger charge is -2.31. The summed E-state index contributed by atoms with van der Waals surface area (Å²) in [5, 5.41) is 10.6. The molecule has 1 aliphatic rings. The van der Waals surface area contributed by atoms with Crippen LogP contribution in [-0.4, -0.2) is 39.7 Å². The van der Waals surface area contributed by atoms with E-state index in [9.17, 15) is 9.90 Å². The SMILES string of the molecule is COc1ccc2c(c1)CCCN2c1nc2cc(C(=O)O)ccc2nc1-c1cc2ccccc2[nH]1. The summed E-state index contributed by atoms with van der Waals surface area (Å²) in [6.07, 6.45) is 1.91. The molecule has 1 aliphatic heterocycles. The first-order valence-corrected chi connectivity index (χ1v) is 11.2. The molecule has 34 heavy (non-hydrogen) atoms. The van der Waals surface area contributed by atoms with Crippen LogP contribution in [0.5, 0.6) is 5.75 Å². The zero-order valence-electron chi connectivity index (χ0n) is 18.6. The predicted octanol–water partition coefficient (Wildman–Crippen LogP) is 5.57. The first-order chi connectivity index (χ1) is 16.6. The highest BCUT2D eigenvalue weighted by atomic mass is 16.5. The summed E-state index contributed by atoms with van der Waals surface area (Å²) in [6, 6.07) is 21.1. The molecule has 5 aromatic rings. The van der Waals surface area contributed by atoms with Gasteiger partial charge in [0.1, 0.15) is 11.4 Å². The van der Waals surface area contributed by atoms with E-state index in [0.29, 0.717) is 16.9 Å². The Bertz CT molecular complexity index is 1540. The summed E-state index contributed by atoms with van der Waals surface area (Å²) in [6.45, 7) is 0.783. The molecular formula is C27H22N4O3. The van der Waals surface area contributed by atoms with Gasteiger partial charge in [-0.3, -0.25) is 0 Å². The van der Waals surface area contributed by atoms with Gasteiger partial charge >= 0.3 is 5.97 Å². The molecular weight excluding hydrogens is 428 g/mol. The van der Waals surface area contributed by atoms with Gasteiger partial charge in [-0.1, -0.05) is 18.2 Å². The van der Waals surface area contributed by atoms with Crippen molar-refractivity contribution in [3.05, 3.63) is 77.9 Å². The lowest BCUT2D eigenvalue weighted by Crippen LogP contribution is -2.26. The molecule has 0 aliphatic carbocycles. The van der Waals surface area contributed by atoms with E-state index in [2.05, 4.69) is 34.1 Å². The van der Waals surface area contributed by atoms with Crippen LogP contribution < -0.4 is 9.64 Å². The Morgan fingerprint density at radius 3 is 2.74 bits per heavy atom. The van der Waals surface area contributed by atoms with Crippen molar-refractivity contribution < 1.29 is 14.6 Å². The van der Waals surface area contributed by atoms with E-state index in [-0.39, 0.29) is 5.56 Å². The number of nitrogens with zero attached hydrogens (tertiary/aromatic N) is 3. The Kier molecular flexibility index (Phi) is 4.69. The van der Waals surface area contributed by atoms with Crippen LogP contribution in [0.25, 0.3) is 33.3 Å². The van der Waals surface area contributed by atoms with Crippen LogP contribution in [0.2, 0.25) is 0 Å². The second-order valence-corrected chi connectivity index (χ2v) is 8.42. The van der Waals surface area contributed by atoms with Crippen LogP contribution in [0, 0.1) is 0 Å². The number of hydrogen-bond acceptors (Lipinski definition) is 5. The van der Waals surface area contributed by atoms with Crippen LogP contribution >= 0.6 is 0 Å². The van der Waals surface area contributed by atoms with Gasteiger partial charge in [0.15, 0.2) is 5.82 Å². The summed E-state index contributed by atoms with van der Waals surface area (Å²) in [5.41, 5.74) is 6.26. The van der Waals surface area contributed by atoms with Crippen LogP contribution in [0.3, 0.4) is 0 Å². The van der Waals surface area contributed by atoms with E-state index in [1.165, 1.54) is 5.56 Å². The summed E-state index contributed by atoms with van der Waals surface area (Å²) >= 11 is 0. The molecule has 0 saturated heterocycles. The maximum absolute atomic E-state index is 11.6. The van der Waals surface area contributed by atoms with Gasteiger partial charge in [0.05, 0.1) is 29.4 Å². The van der Waals surface area contributed by atoms with E-state index >= 15 is 0 Å². The third kappa shape index (κ3) is 3.33. The van der Waals surface area contributed by atoms with Gasteiger partial charge < -0.3 is 19.7 Å². The zero-order valence-corrected chi connectivity index (χ0v) is 18.6. The minimum Gasteiger partial charge on any atom is -0.497 e. The van der Waals surface area contributed by atoms with Crippen molar-refractivity contribution in [2.24, 2.45) is 0 Å². The number of rotatable bonds is 4. The van der Waals surface area contributed by atoms with Gasteiger partial charge in [0.2, 0.25) is 0 Å². The van der Waals surface area contributed by atoms with Gasteiger partial charge in [-0.15, -0.1) is 0 Å². The van der Waals surface area contributed by atoms with Gasteiger partial charge in [0, 0.05) is 23.1 Å². The lowest BCUT2D eigenvalue weighted by molar-refractivity contribution is 0.0697. The summed E-state index contributed by atoms with van der Waals surface area (Å²) in [7, 11) is 1.67. The second-order valence-electron chi connectivity index (χ2n) is 8.42. The van der Waals surface area contributed by atoms with Crippen LogP contribution in [0.15, 0.2) is 66.7 Å². The minimum atomic E-state index is -0.986. The molecule has 3 aromatic carbocycles. The molecule has 6 rings (SSSR count). The topological polar surface area (TPSA) is 91.3 Å². The molecule has 0 unspecified atom stereocenters. The molecule has 168 valence electrons. The van der Waals surface area contributed by atoms with Gasteiger partial charge in [-0.2, -0.15) is 0 Å². The number of carboxylic acids is 1. The zero-order chi connectivity index (χ0) is 23.2. The molecule has 7 nitrogen and oxygen atoms in total. The number of fused-ring (bicyclic) bond motifs is 3. The van der Waals surface area contributed by atoms with Gasteiger partial charge in [-0.05, 0) is 66.9 Å². The van der Waals surface area contributed by atoms with E-state index in [1.54, 1.807) is 25.3 Å². The number of carboxylic acid groups (broad SMARTS) is 1. The van der Waals surface area contributed by atoms with Crippen LogP contribution in [0.1, 0.15) is 22.3 Å². The number of benzene rings is 3. The molecule has 0 spiro atoms. The number of carbonyl (C=O) groups is 1. The Labute approximate surface area is 195 Å². The predicted molar refractivity (Wildman–Crippen MR) is 132 cm³/mol. The fraction of sp³-hybridized carbons (Fsp3) is 0.148. The molecule has 0 fully saturated rings.